The highest BCUT2D eigenvalue weighted by molar-refractivity contribution is 7.61. The first-order valence-electron chi connectivity index (χ1n) is 10.9. The lowest BCUT2D eigenvalue weighted by Crippen LogP contribution is -2.53. The lowest BCUT2D eigenvalue weighted by atomic mass is 9.98. The van der Waals surface area contributed by atoms with Crippen molar-refractivity contribution in [2.75, 3.05) is 25.8 Å². The molecule has 2 heterocycles. The minimum Gasteiger partial charge on any atom is -0.480 e. The third kappa shape index (κ3) is 4.28. The average molecular weight is 473 g/mol. The summed E-state index contributed by atoms with van der Waals surface area (Å²) in [5.74, 6) is -1.18. The Labute approximate surface area is 192 Å². The Hall–Kier alpha value is -2.02. The van der Waals surface area contributed by atoms with Gasteiger partial charge < -0.3 is 15.7 Å². The van der Waals surface area contributed by atoms with Gasteiger partial charge in [-0.1, -0.05) is 55.0 Å². The minimum absolute atomic E-state index is 0.00646. The van der Waals surface area contributed by atoms with E-state index in [0.29, 0.717) is 32.5 Å². The lowest BCUT2D eigenvalue weighted by Gasteiger charge is -2.43. The first kappa shape index (κ1) is 23.1. The van der Waals surface area contributed by atoms with Crippen LogP contribution in [0.1, 0.15) is 24.1 Å². The van der Waals surface area contributed by atoms with Gasteiger partial charge >= 0.3 is 5.97 Å². The van der Waals surface area contributed by atoms with Crippen molar-refractivity contribution in [2.45, 2.75) is 31.0 Å². The van der Waals surface area contributed by atoms with E-state index in [9.17, 15) is 19.4 Å². The van der Waals surface area contributed by atoms with E-state index < -0.39 is 18.5 Å². The zero-order chi connectivity index (χ0) is 22.8. The summed E-state index contributed by atoms with van der Waals surface area (Å²) in [4.78, 5) is 26.2. The fourth-order valence-electron chi connectivity index (χ4n) is 4.66. The summed E-state index contributed by atoms with van der Waals surface area (Å²) in [6.07, 6.45) is 1.33. The van der Waals surface area contributed by atoms with Crippen molar-refractivity contribution < 1.29 is 19.4 Å². The van der Waals surface area contributed by atoms with Crippen LogP contribution >= 0.6 is 18.7 Å². The Morgan fingerprint density at radius 1 is 1.12 bits per heavy atom. The molecule has 1 saturated heterocycles. The van der Waals surface area contributed by atoms with Gasteiger partial charge in [0.25, 0.3) is 0 Å². The van der Waals surface area contributed by atoms with Crippen LogP contribution in [0.25, 0.3) is 21.2 Å². The standard InChI is InChI=1S/C24H29N2O4PS/c25-13-7-6-12-24(23(27)28)17-26(14-15-31(24,29)30)16-21-22(18-8-2-1-3-9-18)19-10-4-5-11-20(19)32-21/h1-5,8-11H,6-7,12-17,25H2,(H,27,28)(H,29,30). The maximum Gasteiger partial charge on any atom is 0.320 e. The van der Waals surface area contributed by atoms with E-state index in [1.165, 1.54) is 10.1 Å². The van der Waals surface area contributed by atoms with Crippen molar-refractivity contribution in [3.8, 4) is 11.1 Å². The van der Waals surface area contributed by atoms with Crippen LogP contribution in [0, 0.1) is 0 Å². The van der Waals surface area contributed by atoms with Gasteiger partial charge in [-0.3, -0.25) is 14.3 Å². The van der Waals surface area contributed by atoms with Crippen LogP contribution < -0.4 is 5.73 Å². The molecule has 1 aliphatic heterocycles. The van der Waals surface area contributed by atoms with Crippen LogP contribution in [-0.4, -0.2) is 51.8 Å². The number of hydrogen-bond donors (Lipinski definition) is 3. The van der Waals surface area contributed by atoms with Gasteiger partial charge in [0.1, 0.15) is 0 Å². The smallest absolute Gasteiger partial charge is 0.320 e. The molecule has 2 aromatic carbocycles. The molecule has 4 N–H and O–H groups in total. The molecule has 32 heavy (non-hydrogen) atoms. The molecule has 1 aromatic heterocycles. The Kier molecular flexibility index (Phi) is 6.84. The molecule has 6 nitrogen and oxygen atoms in total. The monoisotopic (exact) mass is 472 g/mol. The van der Waals surface area contributed by atoms with Crippen LogP contribution in [0.4, 0.5) is 0 Å². The van der Waals surface area contributed by atoms with Gasteiger partial charge in [0.05, 0.1) is 0 Å². The van der Waals surface area contributed by atoms with Crippen molar-refractivity contribution in [1.82, 2.24) is 4.90 Å². The molecule has 4 rings (SSSR count). The van der Waals surface area contributed by atoms with Crippen molar-refractivity contribution in [3.63, 3.8) is 0 Å². The number of unbranched alkanes of at least 4 members (excludes halogenated alkanes) is 1. The molecule has 170 valence electrons. The molecule has 8 heteroatoms. The summed E-state index contributed by atoms with van der Waals surface area (Å²) >= 11 is 1.71. The quantitative estimate of drug-likeness (QED) is 0.327. The Bertz CT molecular complexity index is 1150. The average Bonchev–Trinajstić information content (AvgIpc) is 3.14. The molecule has 2 unspecified atom stereocenters. The molecule has 2 atom stereocenters. The summed E-state index contributed by atoms with van der Waals surface area (Å²) < 4.78 is 14.2. The van der Waals surface area contributed by atoms with Gasteiger partial charge in [-0.05, 0) is 31.0 Å². The zero-order valence-electron chi connectivity index (χ0n) is 17.9. The summed E-state index contributed by atoms with van der Waals surface area (Å²) in [5.41, 5.74) is 7.86. The number of carbonyl (C=O) groups is 1. The fraction of sp³-hybridized carbons (Fsp3) is 0.375. The molecule has 0 saturated carbocycles. The largest absolute Gasteiger partial charge is 0.480 e. The highest BCUT2D eigenvalue weighted by atomic mass is 32.1. The molecule has 1 aliphatic rings. The molecular formula is C24H29N2O4PS. The van der Waals surface area contributed by atoms with Gasteiger partial charge in [-0.15, -0.1) is 11.3 Å². The molecule has 0 aliphatic carbocycles. The fourth-order valence-corrected chi connectivity index (χ4v) is 8.14. The lowest BCUT2D eigenvalue weighted by molar-refractivity contribution is -0.141. The van der Waals surface area contributed by atoms with Crippen LogP contribution in [0.5, 0.6) is 0 Å². The molecular weight excluding hydrogens is 443 g/mol. The third-order valence-electron chi connectivity index (χ3n) is 6.41. The SMILES string of the molecule is NCCCCC1(C(=O)O)CN(Cc2sc3ccccc3c2-c2ccccc2)CCP1(=O)O. The predicted octanol–water partition coefficient (Wildman–Crippen LogP) is 4.61. The second kappa shape index (κ2) is 9.46. The Balaban J connectivity index is 1.69. The highest BCUT2D eigenvalue weighted by Gasteiger charge is 2.56. The number of aliphatic carboxylic acids is 1. The van der Waals surface area contributed by atoms with E-state index in [-0.39, 0.29) is 19.1 Å². The normalized spacial score (nSPS) is 24.1. The molecule has 0 bridgehead atoms. The summed E-state index contributed by atoms with van der Waals surface area (Å²) in [6, 6.07) is 18.5. The van der Waals surface area contributed by atoms with Gasteiger partial charge in [0, 0.05) is 46.3 Å². The summed E-state index contributed by atoms with van der Waals surface area (Å²) in [6.45, 7) is 1.47. The predicted molar refractivity (Wildman–Crippen MR) is 131 cm³/mol. The summed E-state index contributed by atoms with van der Waals surface area (Å²) in [7, 11) is -3.84. The Morgan fingerprint density at radius 3 is 2.56 bits per heavy atom. The van der Waals surface area contributed by atoms with E-state index in [0.717, 1.165) is 16.0 Å². The number of thiophene rings is 1. The van der Waals surface area contributed by atoms with Gasteiger partial charge in [0.2, 0.25) is 7.37 Å². The highest BCUT2D eigenvalue weighted by Crippen LogP contribution is 2.59. The van der Waals surface area contributed by atoms with E-state index in [1.807, 2.05) is 35.2 Å². The van der Waals surface area contributed by atoms with Crippen LogP contribution in [0.15, 0.2) is 54.6 Å². The number of carboxylic acid groups (broad SMARTS) is 1. The Morgan fingerprint density at radius 2 is 1.84 bits per heavy atom. The second-order valence-corrected chi connectivity index (χ2v) is 12.3. The van der Waals surface area contributed by atoms with E-state index >= 15 is 0 Å². The number of fused-ring (bicyclic) bond motifs is 1. The molecule has 0 amide bonds. The van der Waals surface area contributed by atoms with Gasteiger partial charge in [0.15, 0.2) is 5.16 Å². The van der Waals surface area contributed by atoms with E-state index in [2.05, 4.69) is 24.3 Å². The van der Waals surface area contributed by atoms with Crippen molar-refractivity contribution in [2.24, 2.45) is 5.73 Å². The molecule has 1 fully saturated rings. The van der Waals surface area contributed by atoms with Crippen molar-refractivity contribution in [1.29, 1.82) is 0 Å². The van der Waals surface area contributed by atoms with Crippen LogP contribution in [0.2, 0.25) is 0 Å². The van der Waals surface area contributed by atoms with Crippen LogP contribution in [0.3, 0.4) is 0 Å². The number of nitrogens with two attached hydrogens (primary N) is 1. The molecule has 0 radical (unpaired) electrons. The minimum atomic E-state index is -3.84. The van der Waals surface area contributed by atoms with E-state index in [4.69, 9.17) is 5.73 Å². The van der Waals surface area contributed by atoms with E-state index in [1.54, 1.807) is 11.3 Å². The second-order valence-electron chi connectivity index (χ2n) is 8.48. The van der Waals surface area contributed by atoms with Gasteiger partial charge in [-0.2, -0.15) is 0 Å². The summed E-state index contributed by atoms with van der Waals surface area (Å²) in [5, 5.41) is 9.61. The third-order valence-corrected chi connectivity index (χ3v) is 10.3. The number of nitrogens with zero attached hydrogens (tertiary/aromatic N) is 1. The van der Waals surface area contributed by atoms with Crippen LogP contribution in [-0.2, 0) is 15.9 Å². The first-order valence-corrected chi connectivity index (χ1v) is 13.6. The number of rotatable bonds is 8. The maximum atomic E-state index is 13.1. The number of carboxylic acids is 1. The number of benzene rings is 2. The zero-order valence-corrected chi connectivity index (χ0v) is 19.7. The maximum absolute atomic E-state index is 13.1. The number of hydrogen-bond acceptors (Lipinski definition) is 5. The van der Waals surface area contributed by atoms with Crippen molar-refractivity contribution in [3.05, 3.63) is 59.5 Å². The molecule has 0 spiro atoms. The van der Waals surface area contributed by atoms with Crippen molar-refractivity contribution >= 4 is 34.8 Å². The first-order chi connectivity index (χ1) is 15.4. The topological polar surface area (TPSA) is 104 Å². The molecule has 3 aromatic rings. The van der Waals surface area contributed by atoms with Gasteiger partial charge in [-0.25, -0.2) is 0 Å².